The van der Waals surface area contributed by atoms with Gasteiger partial charge in [0.1, 0.15) is 0 Å². The Balaban J connectivity index is 1.64. The molecule has 6 heteroatoms. The van der Waals surface area contributed by atoms with Crippen LogP contribution in [0.5, 0.6) is 0 Å². The Hall–Kier alpha value is -2.86. The van der Waals surface area contributed by atoms with Gasteiger partial charge in [-0.1, -0.05) is 48.5 Å². The van der Waals surface area contributed by atoms with E-state index in [9.17, 15) is 13.2 Å². The standard InChI is InChI=1S/C22H24N2O3S/c1-16(2)28(26,27)15-17-7-5-10-19(13-17)23-14-22(25)24-21-12-6-9-18-8-3-4-11-20(18)21/h3-13,16,23H,14-15H2,1-2H3,(H,24,25). The van der Waals surface area contributed by atoms with E-state index in [0.29, 0.717) is 11.3 Å². The fourth-order valence-corrected chi connectivity index (χ4v) is 3.86. The number of fused-ring (bicyclic) bond motifs is 1. The Morgan fingerprint density at radius 2 is 1.68 bits per heavy atom. The number of sulfone groups is 1. The average molecular weight is 397 g/mol. The van der Waals surface area contributed by atoms with Gasteiger partial charge in [0.25, 0.3) is 0 Å². The number of hydrogen-bond acceptors (Lipinski definition) is 4. The third-order valence-corrected chi connectivity index (χ3v) is 6.70. The van der Waals surface area contributed by atoms with Crippen LogP contribution in [0.25, 0.3) is 10.8 Å². The van der Waals surface area contributed by atoms with Crippen molar-refractivity contribution in [2.45, 2.75) is 24.9 Å². The zero-order valence-electron chi connectivity index (χ0n) is 16.0. The van der Waals surface area contributed by atoms with Crippen LogP contribution in [0.3, 0.4) is 0 Å². The predicted octanol–water partition coefficient (Wildman–Crippen LogP) is 4.21. The van der Waals surface area contributed by atoms with E-state index in [1.807, 2.05) is 48.5 Å². The lowest BCUT2D eigenvalue weighted by Crippen LogP contribution is -2.22. The number of hydrogen-bond donors (Lipinski definition) is 2. The fourth-order valence-electron chi connectivity index (χ4n) is 2.88. The molecule has 0 aliphatic heterocycles. The van der Waals surface area contributed by atoms with E-state index in [2.05, 4.69) is 10.6 Å². The number of amides is 1. The van der Waals surface area contributed by atoms with Crippen LogP contribution in [0.1, 0.15) is 19.4 Å². The lowest BCUT2D eigenvalue weighted by Gasteiger charge is -2.12. The first kappa shape index (κ1) is 19.9. The molecule has 0 fully saturated rings. The molecule has 3 aromatic carbocycles. The minimum atomic E-state index is -3.17. The van der Waals surface area contributed by atoms with Gasteiger partial charge in [-0.15, -0.1) is 0 Å². The molecule has 0 saturated carbocycles. The Kier molecular flexibility index (Phi) is 5.99. The zero-order chi connectivity index (χ0) is 20.1. The van der Waals surface area contributed by atoms with Crippen molar-refractivity contribution >= 4 is 37.9 Å². The second-order valence-corrected chi connectivity index (χ2v) is 9.54. The number of carbonyl (C=O) groups is 1. The quantitative estimate of drug-likeness (QED) is 0.627. The van der Waals surface area contributed by atoms with Gasteiger partial charge in [-0.2, -0.15) is 0 Å². The summed E-state index contributed by atoms with van der Waals surface area (Å²) in [4.78, 5) is 12.4. The fraction of sp³-hybridized carbons (Fsp3) is 0.227. The smallest absolute Gasteiger partial charge is 0.243 e. The summed E-state index contributed by atoms with van der Waals surface area (Å²) < 4.78 is 24.2. The van der Waals surface area contributed by atoms with Gasteiger partial charge in [-0.05, 0) is 43.0 Å². The van der Waals surface area contributed by atoms with Crippen molar-refractivity contribution in [2.75, 3.05) is 17.2 Å². The molecule has 146 valence electrons. The van der Waals surface area contributed by atoms with Crippen molar-refractivity contribution in [3.8, 4) is 0 Å². The monoisotopic (exact) mass is 396 g/mol. The normalized spacial score (nSPS) is 11.5. The average Bonchev–Trinajstić information content (AvgIpc) is 2.66. The summed E-state index contributed by atoms with van der Waals surface area (Å²) in [6.45, 7) is 3.44. The molecule has 0 heterocycles. The van der Waals surface area contributed by atoms with Crippen molar-refractivity contribution in [2.24, 2.45) is 0 Å². The Bertz CT molecular complexity index is 1090. The van der Waals surface area contributed by atoms with Crippen molar-refractivity contribution in [1.29, 1.82) is 0 Å². The maximum Gasteiger partial charge on any atom is 0.243 e. The first-order valence-corrected chi connectivity index (χ1v) is 10.9. The summed E-state index contributed by atoms with van der Waals surface area (Å²) in [5, 5.41) is 7.61. The van der Waals surface area contributed by atoms with Gasteiger partial charge in [0.15, 0.2) is 9.84 Å². The topological polar surface area (TPSA) is 75.3 Å². The highest BCUT2D eigenvalue weighted by atomic mass is 32.2. The molecule has 1 amide bonds. The molecule has 3 aromatic rings. The summed E-state index contributed by atoms with van der Waals surface area (Å²) in [6, 6.07) is 20.8. The largest absolute Gasteiger partial charge is 0.376 e. The molecule has 0 aromatic heterocycles. The van der Waals surface area contributed by atoms with Gasteiger partial charge in [0.2, 0.25) is 5.91 Å². The molecular weight excluding hydrogens is 372 g/mol. The van der Waals surface area contributed by atoms with E-state index in [4.69, 9.17) is 0 Å². The highest BCUT2D eigenvalue weighted by molar-refractivity contribution is 7.91. The lowest BCUT2D eigenvalue weighted by atomic mass is 10.1. The molecule has 0 unspecified atom stereocenters. The lowest BCUT2D eigenvalue weighted by molar-refractivity contribution is -0.114. The number of carbonyl (C=O) groups excluding carboxylic acids is 1. The van der Waals surface area contributed by atoms with Gasteiger partial charge < -0.3 is 10.6 Å². The molecule has 0 aliphatic rings. The first-order valence-electron chi connectivity index (χ1n) is 9.17. The molecule has 5 nitrogen and oxygen atoms in total. The molecule has 2 N–H and O–H groups in total. The van der Waals surface area contributed by atoms with Gasteiger partial charge in [-0.3, -0.25) is 4.79 Å². The van der Waals surface area contributed by atoms with Crippen LogP contribution < -0.4 is 10.6 Å². The minimum Gasteiger partial charge on any atom is -0.376 e. The van der Waals surface area contributed by atoms with Crippen LogP contribution in [0.2, 0.25) is 0 Å². The van der Waals surface area contributed by atoms with Crippen LogP contribution in [0, 0.1) is 0 Å². The number of anilines is 2. The first-order chi connectivity index (χ1) is 13.3. The molecule has 28 heavy (non-hydrogen) atoms. The Labute approximate surface area is 165 Å². The third-order valence-electron chi connectivity index (χ3n) is 4.53. The van der Waals surface area contributed by atoms with Crippen LogP contribution >= 0.6 is 0 Å². The molecule has 0 saturated heterocycles. The molecule has 0 aliphatic carbocycles. The van der Waals surface area contributed by atoms with Crippen molar-refractivity contribution in [1.82, 2.24) is 0 Å². The van der Waals surface area contributed by atoms with Crippen LogP contribution in [0.4, 0.5) is 11.4 Å². The summed E-state index contributed by atoms with van der Waals surface area (Å²) in [6.07, 6.45) is 0. The van der Waals surface area contributed by atoms with E-state index in [0.717, 1.165) is 16.5 Å². The van der Waals surface area contributed by atoms with Gasteiger partial charge in [0, 0.05) is 16.8 Å². The molecule has 0 radical (unpaired) electrons. The SMILES string of the molecule is CC(C)S(=O)(=O)Cc1cccc(NCC(=O)Nc2cccc3ccccc23)c1. The highest BCUT2D eigenvalue weighted by Gasteiger charge is 2.16. The third kappa shape index (κ3) is 4.89. The molecule has 0 atom stereocenters. The van der Waals surface area contributed by atoms with E-state index in [1.54, 1.807) is 32.0 Å². The summed E-state index contributed by atoms with van der Waals surface area (Å²) >= 11 is 0. The van der Waals surface area contributed by atoms with E-state index in [1.165, 1.54) is 0 Å². The molecule has 0 bridgehead atoms. The van der Waals surface area contributed by atoms with Gasteiger partial charge >= 0.3 is 0 Å². The molecule has 0 spiro atoms. The predicted molar refractivity (Wildman–Crippen MR) is 115 cm³/mol. The van der Waals surface area contributed by atoms with Crippen molar-refractivity contribution < 1.29 is 13.2 Å². The van der Waals surface area contributed by atoms with E-state index in [-0.39, 0.29) is 18.2 Å². The zero-order valence-corrected chi connectivity index (χ0v) is 16.8. The second kappa shape index (κ2) is 8.44. The van der Waals surface area contributed by atoms with Crippen molar-refractivity contribution in [3.05, 3.63) is 72.3 Å². The maximum atomic E-state index is 12.4. The Morgan fingerprint density at radius 1 is 0.964 bits per heavy atom. The Morgan fingerprint density at radius 3 is 2.46 bits per heavy atom. The summed E-state index contributed by atoms with van der Waals surface area (Å²) in [5.41, 5.74) is 2.18. The molecular formula is C22H24N2O3S. The van der Waals surface area contributed by atoms with Gasteiger partial charge in [0.05, 0.1) is 17.5 Å². The molecule has 3 rings (SSSR count). The van der Waals surface area contributed by atoms with E-state index >= 15 is 0 Å². The second-order valence-electron chi connectivity index (χ2n) is 6.98. The van der Waals surface area contributed by atoms with Crippen LogP contribution in [-0.2, 0) is 20.4 Å². The minimum absolute atomic E-state index is 0.0115. The number of nitrogens with one attached hydrogen (secondary N) is 2. The van der Waals surface area contributed by atoms with Gasteiger partial charge in [-0.25, -0.2) is 8.42 Å². The number of benzene rings is 3. The summed E-state index contributed by atoms with van der Waals surface area (Å²) in [5.74, 6) is -0.181. The maximum absolute atomic E-state index is 12.4. The van der Waals surface area contributed by atoms with E-state index < -0.39 is 15.1 Å². The summed E-state index contributed by atoms with van der Waals surface area (Å²) in [7, 11) is -3.17. The highest BCUT2D eigenvalue weighted by Crippen LogP contribution is 2.23. The van der Waals surface area contributed by atoms with Crippen LogP contribution in [0.15, 0.2) is 66.7 Å². The number of rotatable bonds is 7. The van der Waals surface area contributed by atoms with Crippen LogP contribution in [-0.4, -0.2) is 26.1 Å². The van der Waals surface area contributed by atoms with Crippen molar-refractivity contribution in [3.63, 3.8) is 0 Å².